The number of ether oxygens (including phenoxy) is 1. The van der Waals surface area contributed by atoms with Gasteiger partial charge in [0.05, 0.1) is 10.3 Å². The van der Waals surface area contributed by atoms with E-state index in [1.54, 1.807) is 30.3 Å². The fraction of sp³-hybridized carbons (Fsp3) is 0.355. The van der Waals surface area contributed by atoms with Crippen LogP contribution in [0.5, 0.6) is 0 Å². The molecule has 38 heavy (non-hydrogen) atoms. The van der Waals surface area contributed by atoms with Crippen LogP contribution in [0.4, 0.5) is 0 Å². The predicted molar refractivity (Wildman–Crippen MR) is 146 cm³/mol. The van der Waals surface area contributed by atoms with Crippen molar-refractivity contribution in [2.24, 2.45) is 11.3 Å². The van der Waals surface area contributed by atoms with Gasteiger partial charge in [0.1, 0.15) is 5.70 Å². The number of carbonyl (C=O) groups is 2. The maximum absolute atomic E-state index is 14.0. The first-order valence-corrected chi connectivity index (χ1v) is 14.9. The van der Waals surface area contributed by atoms with Crippen molar-refractivity contribution >= 4 is 38.3 Å². The summed E-state index contributed by atoms with van der Waals surface area (Å²) in [5.41, 5.74) is -0.126. The van der Waals surface area contributed by atoms with Crippen molar-refractivity contribution < 1.29 is 22.7 Å². The number of likely N-dealkylation sites (N-methyl/N-ethyl adjacent to an activating group) is 1. The van der Waals surface area contributed by atoms with Crippen LogP contribution in [0.15, 0.2) is 77.3 Å². The average Bonchev–Trinajstić information content (AvgIpc) is 3.65. The number of hydrogen-bond donors (Lipinski definition) is 0. The molecule has 0 N–H and O–H groups in total. The van der Waals surface area contributed by atoms with E-state index in [1.165, 1.54) is 13.1 Å². The maximum Gasteiger partial charge on any atom is 0.317 e. The number of Topliss-reactive ketones (excluding diaryl/α,β-unsaturated/α-hetero) is 1. The Morgan fingerprint density at radius 3 is 2.26 bits per heavy atom. The van der Waals surface area contributed by atoms with Gasteiger partial charge in [-0.2, -0.15) is 0 Å². The summed E-state index contributed by atoms with van der Waals surface area (Å²) in [7, 11) is -2.66. The molecule has 0 unspecified atom stereocenters. The van der Waals surface area contributed by atoms with Gasteiger partial charge in [0.2, 0.25) is 5.78 Å². The van der Waals surface area contributed by atoms with E-state index >= 15 is 0 Å². The summed E-state index contributed by atoms with van der Waals surface area (Å²) < 4.78 is 34.3. The molecule has 0 spiro atoms. The number of hydrogen-bond acceptors (Lipinski definition) is 5. The third-order valence-corrected chi connectivity index (χ3v) is 10.6. The van der Waals surface area contributed by atoms with Gasteiger partial charge in [-0.1, -0.05) is 74.2 Å². The first-order chi connectivity index (χ1) is 18.3. The molecule has 6 rings (SSSR count). The molecule has 0 saturated heterocycles. The summed E-state index contributed by atoms with van der Waals surface area (Å²) in [6.07, 6.45) is 7.71. The zero-order chi connectivity index (χ0) is 26.5. The maximum atomic E-state index is 14.0. The van der Waals surface area contributed by atoms with E-state index in [4.69, 9.17) is 4.74 Å². The Morgan fingerprint density at radius 2 is 1.53 bits per heavy atom. The second kappa shape index (κ2) is 9.38. The molecule has 1 aliphatic heterocycles. The Balaban J connectivity index is 1.50. The summed E-state index contributed by atoms with van der Waals surface area (Å²) in [4.78, 5) is 28.1. The molecular weight excluding hydrogens is 498 g/mol. The summed E-state index contributed by atoms with van der Waals surface area (Å²) in [6, 6.07) is 19.4. The number of rotatable bonds is 5. The third kappa shape index (κ3) is 3.87. The van der Waals surface area contributed by atoms with Crippen LogP contribution in [-0.2, 0) is 19.6 Å². The smallest absolute Gasteiger partial charge is 0.317 e. The molecule has 3 aromatic carbocycles. The number of fused-ring (bicyclic) bond motifs is 2. The van der Waals surface area contributed by atoms with Crippen molar-refractivity contribution in [2.75, 3.05) is 7.05 Å². The van der Waals surface area contributed by atoms with E-state index in [0.29, 0.717) is 5.56 Å². The molecular formula is C31H31NO5S. The van der Waals surface area contributed by atoms with Gasteiger partial charge in [0.15, 0.2) is 5.76 Å². The number of esters is 1. The molecule has 1 heterocycles. The van der Waals surface area contributed by atoms with Crippen LogP contribution in [0, 0.1) is 11.3 Å². The highest BCUT2D eigenvalue weighted by Crippen LogP contribution is 2.52. The van der Waals surface area contributed by atoms with Crippen LogP contribution in [0.3, 0.4) is 0 Å². The highest BCUT2D eigenvalue weighted by Gasteiger charge is 2.51. The van der Waals surface area contributed by atoms with E-state index < -0.39 is 21.2 Å². The molecule has 7 heteroatoms. The van der Waals surface area contributed by atoms with Crippen LogP contribution in [0.2, 0.25) is 0 Å². The van der Waals surface area contributed by atoms with E-state index in [9.17, 15) is 18.0 Å². The molecule has 2 fully saturated rings. The van der Waals surface area contributed by atoms with E-state index in [2.05, 4.69) is 0 Å². The van der Waals surface area contributed by atoms with Crippen LogP contribution < -0.4 is 0 Å². The number of nitrogens with zero attached hydrogens (tertiary/aromatic N) is 1. The molecule has 2 aliphatic carbocycles. The van der Waals surface area contributed by atoms with E-state index in [1.807, 2.05) is 30.3 Å². The molecule has 6 nitrogen and oxygen atoms in total. The Morgan fingerprint density at radius 1 is 0.868 bits per heavy atom. The quantitative estimate of drug-likeness (QED) is 0.285. The fourth-order valence-electron chi connectivity index (χ4n) is 6.69. The van der Waals surface area contributed by atoms with Crippen molar-refractivity contribution in [3.05, 3.63) is 83.6 Å². The zero-order valence-corrected chi connectivity index (χ0v) is 22.3. The number of allylic oxidation sites excluding steroid dienone is 1. The van der Waals surface area contributed by atoms with Gasteiger partial charge in [-0.15, -0.1) is 0 Å². The lowest BCUT2D eigenvalue weighted by Crippen LogP contribution is -2.39. The van der Waals surface area contributed by atoms with Crippen molar-refractivity contribution in [1.82, 2.24) is 4.31 Å². The van der Waals surface area contributed by atoms with Crippen LogP contribution in [0.25, 0.3) is 16.5 Å². The Hall–Kier alpha value is -3.45. The predicted octanol–water partition coefficient (Wildman–Crippen LogP) is 6.32. The Labute approximate surface area is 223 Å². The Kier molecular flexibility index (Phi) is 6.14. The summed E-state index contributed by atoms with van der Waals surface area (Å²) in [5.74, 6) is -0.535. The molecule has 3 aromatic rings. The van der Waals surface area contributed by atoms with E-state index in [0.717, 1.165) is 66.4 Å². The molecule has 0 aromatic heterocycles. The van der Waals surface area contributed by atoms with Gasteiger partial charge >= 0.3 is 5.97 Å². The van der Waals surface area contributed by atoms with Crippen LogP contribution in [0.1, 0.15) is 67.3 Å². The van der Waals surface area contributed by atoms with Crippen LogP contribution >= 0.6 is 0 Å². The monoisotopic (exact) mass is 529 g/mol. The lowest BCUT2D eigenvalue weighted by atomic mass is 9.73. The molecule has 0 amide bonds. The molecule has 2 saturated carbocycles. The first kappa shape index (κ1) is 24.9. The number of benzene rings is 3. The van der Waals surface area contributed by atoms with E-state index in [-0.39, 0.29) is 33.8 Å². The van der Waals surface area contributed by atoms with Gasteiger partial charge in [-0.3, -0.25) is 13.9 Å². The zero-order valence-electron chi connectivity index (χ0n) is 21.5. The minimum atomic E-state index is -4.02. The molecule has 196 valence electrons. The topological polar surface area (TPSA) is 80.8 Å². The lowest BCUT2D eigenvalue weighted by Gasteiger charge is -2.35. The van der Waals surface area contributed by atoms with Crippen LogP contribution in [-0.4, -0.2) is 31.5 Å². The number of sulfonamides is 1. The van der Waals surface area contributed by atoms with Gasteiger partial charge in [0.25, 0.3) is 10.0 Å². The average molecular weight is 530 g/mol. The van der Waals surface area contributed by atoms with Crippen molar-refractivity contribution in [3.8, 4) is 0 Å². The van der Waals surface area contributed by atoms with Gasteiger partial charge in [-0.05, 0) is 60.6 Å². The summed E-state index contributed by atoms with van der Waals surface area (Å²) in [5, 5.41) is 1.84. The normalized spacial score (nSPS) is 20.5. The van der Waals surface area contributed by atoms with Crippen molar-refractivity contribution in [3.63, 3.8) is 0 Å². The fourth-order valence-corrected chi connectivity index (χ4v) is 8.08. The van der Waals surface area contributed by atoms with Gasteiger partial charge < -0.3 is 4.74 Å². The highest BCUT2D eigenvalue weighted by molar-refractivity contribution is 7.89. The third-order valence-electron chi connectivity index (χ3n) is 8.76. The van der Waals surface area contributed by atoms with Gasteiger partial charge in [0, 0.05) is 18.2 Å². The number of carbonyl (C=O) groups excluding carboxylic acids is 2. The second-order valence-electron chi connectivity index (χ2n) is 10.8. The Bertz CT molecular complexity index is 1580. The molecule has 3 aliphatic rings. The summed E-state index contributed by atoms with van der Waals surface area (Å²) >= 11 is 0. The standard InChI is InChI=1S/C31H31NO5S/c1-32-27(28(33)23-17-16-21-10-2-3-11-22(21)20-23)29(25-14-6-7-15-26(25)38(32,35)36)37-30(34)31(18-8-9-19-31)24-12-4-5-13-24/h2-3,6-7,10-11,14-17,20,24H,4-5,8-9,12-13,18-19H2,1H3. The first-order valence-electron chi connectivity index (χ1n) is 13.4. The SMILES string of the molecule is CN1C(C(=O)c2ccc3ccccc3c2)=C(OC(=O)C2(C3CCCC3)CCCC2)c2ccccc2S1(=O)=O. The van der Waals surface area contributed by atoms with Crippen molar-refractivity contribution in [2.45, 2.75) is 56.3 Å². The second-order valence-corrected chi connectivity index (χ2v) is 12.7. The molecule has 0 atom stereocenters. The minimum absolute atomic E-state index is 0.0294. The van der Waals surface area contributed by atoms with Crippen molar-refractivity contribution in [1.29, 1.82) is 0 Å². The molecule has 0 bridgehead atoms. The summed E-state index contributed by atoms with van der Waals surface area (Å²) in [6.45, 7) is 0. The number of ketones is 1. The minimum Gasteiger partial charge on any atom is -0.423 e. The molecule has 0 radical (unpaired) electrons. The van der Waals surface area contributed by atoms with Gasteiger partial charge in [-0.25, -0.2) is 8.42 Å². The lowest BCUT2D eigenvalue weighted by molar-refractivity contribution is -0.151. The largest absolute Gasteiger partial charge is 0.423 e. The highest BCUT2D eigenvalue weighted by atomic mass is 32.2.